The smallest absolute Gasteiger partial charge is 0.0685 e. The first kappa shape index (κ1) is 10.8. The number of fused-ring (bicyclic) bond motifs is 1. The monoisotopic (exact) mass is 235 g/mol. The van der Waals surface area contributed by atoms with Crippen LogP contribution in [0.2, 0.25) is 0 Å². The Morgan fingerprint density at radius 1 is 1.18 bits per heavy atom. The van der Waals surface area contributed by atoms with Gasteiger partial charge in [0.15, 0.2) is 0 Å². The molecule has 1 N–H and O–H groups in total. The Bertz CT molecular complexity index is 330. The molecule has 0 bridgehead atoms. The van der Waals surface area contributed by atoms with Crippen LogP contribution in [-0.2, 0) is 4.74 Å². The standard InChI is InChI=1S/C15H25NO/c1-14(2)12(11-5-8-17-13(11)14)16-9-15(6-7-15)10-3-4-10/h10-13,16H,3-9H2,1-2H3. The lowest BCUT2D eigenvalue weighted by atomic mass is 9.57. The summed E-state index contributed by atoms with van der Waals surface area (Å²) in [6.45, 7) is 7.04. The van der Waals surface area contributed by atoms with E-state index < -0.39 is 0 Å². The molecular weight excluding hydrogens is 210 g/mol. The van der Waals surface area contributed by atoms with Crippen molar-refractivity contribution in [2.75, 3.05) is 13.2 Å². The average Bonchev–Trinajstić information content (AvgIpc) is 3.16. The predicted molar refractivity (Wildman–Crippen MR) is 67.8 cm³/mol. The fourth-order valence-corrected chi connectivity index (χ4v) is 4.64. The fraction of sp³-hybridized carbons (Fsp3) is 1.00. The van der Waals surface area contributed by atoms with E-state index in [4.69, 9.17) is 4.74 Å². The first-order valence-corrected chi connectivity index (χ1v) is 7.48. The summed E-state index contributed by atoms with van der Waals surface area (Å²) in [5.74, 6) is 1.88. The highest BCUT2D eigenvalue weighted by molar-refractivity contribution is 5.13. The molecule has 4 fully saturated rings. The lowest BCUT2D eigenvalue weighted by Crippen LogP contribution is -2.66. The molecule has 4 rings (SSSR count). The van der Waals surface area contributed by atoms with Crippen LogP contribution in [-0.4, -0.2) is 25.3 Å². The van der Waals surface area contributed by atoms with Crippen molar-refractivity contribution >= 4 is 0 Å². The molecule has 2 heteroatoms. The molecule has 3 atom stereocenters. The van der Waals surface area contributed by atoms with Crippen molar-refractivity contribution in [2.45, 2.75) is 58.1 Å². The Morgan fingerprint density at radius 2 is 1.94 bits per heavy atom. The van der Waals surface area contributed by atoms with Crippen LogP contribution in [0, 0.1) is 22.7 Å². The lowest BCUT2D eigenvalue weighted by molar-refractivity contribution is -0.113. The van der Waals surface area contributed by atoms with Crippen LogP contribution >= 0.6 is 0 Å². The zero-order valence-corrected chi connectivity index (χ0v) is 11.2. The van der Waals surface area contributed by atoms with Gasteiger partial charge in [0.2, 0.25) is 0 Å². The molecule has 1 saturated heterocycles. The number of rotatable bonds is 4. The van der Waals surface area contributed by atoms with Crippen molar-refractivity contribution in [3.8, 4) is 0 Å². The second kappa shape index (κ2) is 3.27. The molecule has 0 amide bonds. The van der Waals surface area contributed by atoms with Gasteiger partial charge in [0, 0.05) is 30.5 Å². The molecule has 17 heavy (non-hydrogen) atoms. The van der Waals surface area contributed by atoms with E-state index in [1.807, 2.05) is 0 Å². The molecule has 1 aliphatic heterocycles. The van der Waals surface area contributed by atoms with Gasteiger partial charge in [-0.3, -0.25) is 0 Å². The maximum atomic E-state index is 5.86. The highest BCUT2D eigenvalue weighted by Gasteiger charge is 2.60. The third kappa shape index (κ3) is 1.46. The lowest BCUT2D eigenvalue weighted by Gasteiger charge is -2.55. The topological polar surface area (TPSA) is 21.3 Å². The number of hydrogen-bond donors (Lipinski definition) is 1. The SMILES string of the molecule is CC1(C)C(NCC2(C3CC3)CC2)C2CCOC21. The zero-order valence-electron chi connectivity index (χ0n) is 11.2. The van der Waals surface area contributed by atoms with Crippen LogP contribution in [0.1, 0.15) is 46.0 Å². The van der Waals surface area contributed by atoms with Gasteiger partial charge in [-0.25, -0.2) is 0 Å². The van der Waals surface area contributed by atoms with Gasteiger partial charge in [-0.05, 0) is 43.4 Å². The molecular formula is C15H25NO. The molecule has 3 saturated carbocycles. The molecule has 4 aliphatic rings. The van der Waals surface area contributed by atoms with Crippen LogP contribution in [0.15, 0.2) is 0 Å². The minimum Gasteiger partial charge on any atom is -0.377 e. The second-order valence-electron chi connectivity index (χ2n) is 7.56. The van der Waals surface area contributed by atoms with E-state index in [2.05, 4.69) is 19.2 Å². The Kier molecular flexibility index (Phi) is 2.08. The van der Waals surface area contributed by atoms with Crippen LogP contribution < -0.4 is 5.32 Å². The van der Waals surface area contributed by atoms with Crippen LogP contribution in [0.4, 0.5) is 0 Å². The van der Waals surface area contributed by atoms with Gasteiger partial charge in [-0.1, -0.05) is 13.8 Å². The summed E-state index contributed by atoms with van der Waals surface area (Å²) in [5.41, 5.74) is 1.10. The van der Waals surface area contributed by atoms with E-state index in [0.717, 1.165) is 23.9 Å². The molecule has 2 nitrogen and oxygen atoms in total. The summed E-state index contributed by atoms with van der Waals surface area (Å²) >= 11 is 0. The molecule has 96 valence electrons. The van der Waals surface area contributed by atoms with Crippen molar-refractivity contribution < 1.29 is 4.74 Å². The number of ether oxygens (including phenoxy) is 1. The Hall–Kier alpha value is -0.0800. The Labute approximate surface area is 104 Å². The number of nitrogens with one attached hydrogen (secondary N) is 1. The van der Waals surface area contributed by atoms with Gasteiger partial charge in [-0.2, -0.15) is 0 Å². The summed E-state index contributed by atoms with van der Waals surface area (Å²) < 4.78 is 5.86. The molecule has 0 aromatic carbocycles. The van der Waals surface area contributed by atoms with Gasteiger partial charge in [0.05, 0.1) is 6.10 Å². The van der Waals surface area contributed by atoms with E-state index in [-0.39, 0.29) is 0 Å². The molecule has 3 aliphatic carbocycles. The Balaban J connectivity index is 1.39. The van der Waals surface area contributed by atoms with Gasteiger partial charge in [0.1, 0.15) is 0 Å². The van der Waals surface area contributed by atoms with Crippen molar-refractivity contribution in [1.82, 2.24) is 5.32 Å². The molecule has 1 heterocycles. The number of hydrogen-bond acceptors (Lipinski definition) is 2. The maximum absolute atomic E-state index is 5.86. The molecule has 0 spiro atoms. The summed E-state index contributed by atoms with van der Waals surface area (Å²) in [6.07, 6.45) is 7.80. The minimum absolute atomic E-state index is 0.362. The molecule has 0 aromatic rings. The first-order valence-electron chi connectivity index (χ1n) is 7.48. The van der Waals surface area contributed by atoms with Gasteiger partial charge in [0.25, 0.3) is 0 Å². The summed E-state index contributed by atoms with van der Waals surface area (Å²) in [4.78, 5) is 0. The second-order valence-corrected chi connectivity index (χ2v) is 7.56. The minimum atomic E-state index is 0.362. The predicted octanol–water partition coefficient (Wildman–Crippen LogP) is 2.58. The average molecular weight is 235 g/mol. The first-order chi connectivity index (χ1) is 8.13. The van der Waals surface area contributed by atoms with Gasteiger partial charge in [-0.15, -0.1) is 0 Å². The fourth-order valence-electron chi connectivity index (χ4n) is 4.64. The highest BCUT2D eigenvalue weighted by Crippen LogP contribution is 2.61. The summed E-state index contributed by atoms with van der Waals surface area (Å²) in [6, 6.07) is 0.714. The van der Waals surface area contributed by atoms with Crippen molar-refractivity contribution in [3.05, 3.63) is 0 Å². The summed E-state index contributed by atoms with van der Waals surface area (Å²) in [7, 11) is 0. The van der Waals surface area contributed by atoms with Crippen LogP contribution in [0.25, 0.3) is 0 Å². The van der Waals surface area contributed by atoms with Gasteiger partial charge < -0.3 is 10.1 Å². The van der Waals surface area contributed by atoms with Crippen molar-refractivity contribution in [3.63, 3.8) is 0 Å². The van der Waals surface area contributed by atoms with Crippen LogP contribution in [0.3, 0.4) is 0 Å². The van der Waals surface area contributed by atoms with E-state index in [9.17, 15) is 0 Å². The van der Waals surface area contributed by atoms with Crippen LogP contribution in [0.5, 0.6) is 0 Å². The van der Waals surface area contributed by atoms with Crippen molar-refractivity contribution in [1.29, 1.82) is 0 Å². The van der Waals surface area contributed by atoms with E-state index in [1.165, 1.54) is 38.6 Å². The third-order valence-electron chi connectivity index (χ3n) is 6.11. The van der Waals surface area contributed by atoms with E-state index in [0.29, 0.717) is 17.6 Å². The molecule has 3 unspecified atom stereocenters. The zero-order chi connectivity index (χ0) is 11.7. The van der Waals surface area contributed by atoms with Gasteiger partial charge >= 0.3 is 0 Å². The Morgan fingerprint density at radius 3 is 2.59 bits per heavy atom. The molecule has 0 aromatic heterocycles. The highest BCUT2D eigenvalue weighted by atomic mass is 16.5. The third-order valence-corrected chi connectivity index (χ3v) is 6.11. The quantitative estimate of drug-likeness (QED) is 0.808. The molecule has 0 radical (unpaired) electrons. The summed E-state index contributed by atoms with van der Waals surface area (Å²) in [5, 5.41) is 3.92. The van der Waals surface area contributed by atoms with E-state index in [1.54, 1.807) is 0 Å². The largest absolute Gasteiger partial charge is 0.377 e. The van der Waals surface area contributed by atoms with Crippen molar-refractivity contribution in [2.24, 2.45) is 22.7 Å². The normalized spacial score (nSPS) is 45.2. The van der Waals surface area contributed by atoms with E-state index >= 15 is 0 Å². The maximum Gasteiger partial charge on any atom is 0.0685 e.